The molecule has 0 N–H and O–H groups in total. The number of methoxy groups -OCH3 is 1. The Morgan fingerprint density at radius 3 is 2.54 bits per heavy atom. The van der Waals surface area contributed by atoms with Crippen molar-refractivity contribution in [2.75, 3.05) is 49.9 Å². The summed E-state index contributed by atoms with van der Waals surface area (Å²) in [5.74, 6) is 1.90. The smallest absolute Gasteiger partial charge is 0.153 e. The van der Waals surface area contributed by atoms with Crippen molar-refractivity contribution in [3.63, 3.8) is 0 Å². The van der Waals surface area contributed by atoms with Crippen molar-refractivity contribution in [2.45, 2.75) is 6.42 Å². The van der Waals surface area contributed by atoms with Gasteiger partial charge in [-0.25, -0.2) is 18.4 Å². The van der Waals surface area contributed by atoms with E-state index in [-0.39, 0.29) is 11.5 Å². The molecule has 0 saturated carbocycles. The molecule has 1 aromatic heterocycles. The van der Waals surface area contributed by atoms with Crippen molar-refractivity contribution in [3.8, 4) is 5.75 Å². The minimum Gasteiger partial charge on any atom is -0.496 e. The van der Waals surface area contributed by atoms with Crippen LogP contribution in [-0.2, 0) is 20.8 Å². The van der Waals surface area contributed by atoms with Gasteiger partial charge >= 0.3 is 0 Å². The Balaban J connectivity index is 1.87. The SMILES string of the molecule is COc1cc(P(C)(C)=O)ccc1Cc1ncc(Cl)c(N2CCS(=O)(=O)CC2)n1. The van der Waals surface area contributed by atoms with Crippen LogP contribution in [0.2, 0.25) is 5.02 Å². The predicted molar refractivity (Wildman–Crippen MR) is 113 cm³/mol. The third-order valence-electron chi connectivity index (χ3n) is 4.66. The van der Waals surface area contributed by atoms with Crippen LogP contribution in [-0.4, -0.2) is 63.4 Å². The largest absolute Gasteiger partial charge is 0.496 e. The van der Waals surface area contributed by atoms with E-state index in [1.165, 1.54) is 6.20 Å². The fourth-order valence-electron chi connectivity index (χ4n) is 3.01. The van der Waals surface area contributed by atoms with E-state index in [1.54, 1.807) is 26.5 Å². The zero-order valence-electron chi connectivity index (χ0n) is 16.1. The van der Waals surface area contributed by atoms with Crippen LogP contribution in [0, 0.1) is 0 Å². The van der Waals surface area contributed by atoms with Gasteiger partial charge in [-0.05, 0) is 19.4 Å². The molecule has 28 heavy (non-hydrogen) atoms. The normalized spacial score (nSPS) is 16.8. The quantitative estimate of drug-likeness (QED) is 0.654. The number of anilines is 1. The number of ether oxygens (including phenoxy) is 1. The summed E-state index contributed by atoms with van der Waals surface area (Å²) in [4.78, 5) is 10.7. The number of hydrogen-bond donors (Lipinski definition) is 0. The second kappa shape index (κ2) is 8.01. The first-order valence-corrected chi connectivity index (χ1v) is 13.6. The van der Waals surface area contributed by atoms with E-state index < -0.39 is 17.0 Å². The molecular formula is C18H23ClN3O4PS. The standard InChI is InChI=1S/C18H23ClN3O4PS/c1-26-16-11-14(27(2,3)23)5-4-13(16)10-17-20-12-15(19)18(21-17)22-6-8-28(24,25)9-7-22/h4-5,11-12H,6-10H2,1-3H3. The monoisotopic (exact) mass is 443 g/mol. The number of hydrogen-bond acceptors (Lipinski definition) is 7. The third kappa shape index (κ3) is 4.85. The highest BCUT2D eigenvalue weighted by molar-refractivity contribution is 7.91. The van der Waals surface area contributed by atoms with Gasteiger partial charge in [0.05, 0.1) is 24.8 Å². The first-order chi connectivity index (χ1) is 13.1. The zero-order valence-corrected chi connectivity index (χ0v) is 18.5. The summed E-state index contributed by atoms with van der Waals surface area (Å²) >= 11 is 6.26. The topological polar surface area (TPSA) is 89.5 Å². The molecule has 10 heteroatoms. The van der Waals surface area contributed by atoms with Crippen molar-refractivity contribution < 1.29 is 17.7 Å². The van der Waals surface area contributed by atoms with Gasteiger partial charge in [0.15, 0.2) is 15.7 Å². The number of benzene rings is 1. The fourth-order valence-corrected chi connectivity index (χ4v) is 5.28. The lowest BCUT2D eigenvalue weighted by Gasteiger charge is -2.28. The molecule has 0 aliphatic carbocycles. The van der Waals surface area contributed by atoms with Gasteiger partial charge in [0, 0.05) is 30.4 Å². The number of nitrogens with zero attached hydrogens (tertiary/aromatic N) is 3. The summed E-state index contributed by atoms with van der Waals surface area (Å²) in [6.45, 7) is 4.15. The van der Waals surface area contributed by atoms with Gasteiger partial charge in [-0.15, -0.1) is 0 Å². The van der Waals surface area contributed by atoms with Crippen LogP contribution in [0.3, 0.4) is 0 Å². The zero-order chi connectivity index (χ0) is 20.5. The number of rotatable bonds is 5. The Kier molecular flexibility index (Phi) is 6.03. The summed E-state index contributed by atoms with van der Waals surface area (Å²) in [6.07, 6.45) is 1.95. The minimum atomic E-state index is -2.99. The highest BCUT2D eigenvalue weighted by Gasteiger charge is 2.24. The van der Waals surface area contributed by atoms with Gasteiger partial charge in [-0.3, -0.25) is 0 Å². The lowest BCUT2D eigenvalue weighted by Crippen LogP contribution is -2.41. The summed E-state index contributed by atoms with van der Waals surface area (Å²) in [7, 11) is -3.81. The Morgan fingerprint density at radius 1 is 1.25 bits per heavy atom. The summed E-state index contributed by atoms with van der Waals surface area (Å²) in [6, 6.07) is 5.51. The van der Waals surface area contributed by atoms with Gasteiger partial charge in [0.25, 0.3) is 0 Å². The van der Waals surface area contributed by atoms with Crippen molar-refractivity contribution >= 4 is 39.7 Å². The highest BCUT2D eigenvalue weighted by atomic mass is 35.5. The van der Waals surface area contributed by atoms with E-state index in [4.69, 9.17) is 16.3 Å². The maximum atomic E-state index is 12.3. The Labute approximate surface area is 170 Å². The molecule has 0 radical (unpaired) electrons. The summed E-state index contributed by atoms with van der Waals surface area (Å²) < 4.78 is 41.1. The third-order valence-corrected chi connectivity index (χ3v) is 8.06. The van der Waals surface area contributed by atoms with E-state index in [0.717, 1.165) is 10.9 Å². The molecule has 7 nitrogen and oxygen atoms in total. The molecule has 2 heterocycles. The van der Waals surface area contributed by atoms with Gasteiger partial charge in [0.1, 0.15) is 23.7 Å². The molecule has 0 spiro atoms. The minimum absolute atomic E-state index is 0.0893. The average Bonchev–Trinajstić information content (AvgIpc) is 2.63. The average molecular weight is 444 g/mol. The predicted octanol–water partition coefficient (Wildman–Crippen LogP) is 2.21. The molecule has 0 atom stereocenters. The van der Waals surface area contributed by atoms with Crippen LogP contribution >= 0.6 is 18.7 Å². The molecular weight excluding hydrogens is 421 g/mol. The van der Waals surface area contributed by atoms with Gasteiger partial charge in [-0.1, -0.05) is 23.7 Å². The molecule has 1 aliphatic rings. The Hall–Kier alpha value is -1.63. The van der Waals surface area contributed by atoms with Crippen LogP contribution in [0.15, 0.2) is 24.4 Å². The van der Waals surface area contributed by atoms with E-state index in [9.17, 15) is 13.0 Å². The number of aromatic nitrogens is 2. The molecule has 152 valence electrons. The van der Waals surface area contributed by atoms with E-state index >= 15 is 0 Å². The summed E-state index contributed by atoms with van der Waals surface area (Å²) in [5, 5.41) is 1.14. The lowest BCUT2D eigenvalue weighted by atomic mass is 10.1. The Morgan fingerprint density at radius 2 is 1.93 bits per heavy atom. The fraction of sp³-hybridized carbons (Fsp3) is 0.444. The summed E-state index contributed by atoms with van der Waals surface area (Å²) in [5.41, 5.74) is 0.870. The van der Waals surface area contributed by atoms with E-state index in [1.807, 2.05) is 17.0 Å². The molecule has 1 fully saturated rings. The molecule has 1 aliphatic heterocycles. The Bertz CT molecular complexity index is 1030. The molecule has 3 rings (SSSR count). The van der Waals surface area contributed by atoms with Crippen molar-refractivity contribution in [3.05, 3.63) is 40.8 Å². The van der Waals surface area contributed by atoms with Gasteiger partial charge in [0.2, 0.25) is 0 Å². The number of sulfone groups is 1. The van der Waals surface area contributed by atoms with Crippen LogP contribution in [0.5, 0.6) is 5.75 Å². The van der Waals surface area contributed by atoms with E-state index in [0.29, 0.717) is 41.9 Å². The van der Waals surface area contributed by atoms with Crippen LogP contribution in [0.1, 0.15) is 11.4 Å². The van der Waals surface area contributed by atoms with Crippen LogP contribution in [0.4, 0.5) is 5.82 Å². The van der Waals surface area contributed by atoms with Crippen molar-refractivity contribution in [1.82, 2.24) is 9.97 Å². The molecule has 0 amide bonds. The lowest BCUT2D eigenvalue weighted by molar-refractivity contribution is 0.410. The van der Waals surface area contributed by atoms with Crippen molar-refractivity contribution in [1.29, 1.82) is 0 Å². The molecule has 0 unspecified atom stereocenters. The maximum absolute atomic E-state index is 12.3. The molecule has 1 saturated heterocycles. The van der Waals surface area contributed by atoms with Gasteiger partial charge < -0.3 is 14.2 Å². The second-order valence-corrected chi connectivity index (χ2v) is 13.0. The van der Waals surface area contributed by atoms with Crippen molar-refractivity contribution in [2.24, 2.45) is 0 Å². The molecule has 2 aromatic rings. The van der Waals surface area contributed by atoms with E-state index in [2.05, 4.69) is 9.97 Å². The molecule has 0 bridgehead atoms. The van der Waals surface area contributed by atoms with Gasteiger partial charge in [-0.2, -0.15) is 0 Å². The number of halogens is 1. The highest BCUT2D eigenvalue weighted by Crippen LogP contribution is 2.36. The maximum Gasteiger partial charge on any atom is 0.153 e. The van der Waals surface area contributed by atoms with Crippen LogP contribution < -0.4 is 14.9 Å². The second-order valence-electron chi connectivity index (χ2n) is 7.12. The first-order valence-electron chi connectivity index (χ1n) is 8.78. The first kappa shape index (κ1) is 21.1. The molecule has 1 aromatic carbocycles. The van der Waals surface area contributed by atoms with Crippen LogP contribution in [0.25, 0.3) is 0 Å².